The molecule has 0 radical (unpaired) electrons. The van der Waals surface area contributed by atoms with Crippen LogP contribution in [0.1, 0.15) is 22.8 Å². The maximum absolute atomic E-state index is 12.4. The molecule has 1 saturated heterocycles. The predicted molar refractivity (Wildman–Crippen MR) is 76.2 cm³/mol. The number of nitrogens with zero attached hydrogens (tertiary/aromatic N) is 1. The van der Waals surface area contributed by atoms with E-state index in [2.05, 4.69) is 15.9 Å². The van der Waals surface area contributed by atoms with Gasteiger partial charge in [-0.3, -0.25) is 4.79 Å². The van der Waals surface area contributed by atoms with Gasteiger partial charge >= 0.3 is 0 Å². The first kappa shape index (κ1) is 14.5. The van der Waals surface area contributed by atoms with Crippen LogP contribution in [-0.4, -0.2) is 47.8 Å². The Morgan fingerprint density at radius 1 is 1.53 bits per heavy atom. The zero-order valence-corrected chi connectivity index (χ0v) is 12.7. The van der Waals surface area contributed by atoms with E-state index in [1.54, 1.807) is 4.90 Å². The van der Waals surface area contributed by atoms with E-state index >= 15 is 0 Å². The maximum atomic E-state index is 12.4. The molecule has 19 heavy (non-hydrogen) atoms. The summed E-state index contributed by atoms with van der Waals surface area (Å²) >= 11 is 3.44. The average molecular weight is 328 g/mol. The molecule has 4 nitrogen and oxygen atoms in total. The number of benzene rings is 1. The lowest BCUT2D eigenvalue weighted by Crippen LogP contribution is -2.50. The third-order valence-electron chi connectivity index (χ3n) is 3.24. The van der Waals surface area contributed by atoms with Crippen molar-refractivity contribution >= 4 is 21.8 Å². The summed E-state index contributed by atoms with van der Waals surface area (Å²) < 4.78 is 6.47. The summed E-state index contributed by atoms with van der Waals surface area (Å²) in [5.41, 5.74) is 1.75. The molecule has 1 heterocycles. The Bertz CT molecular complexity index is 478. The summed E-state index contributed by atoms with van der Waals surface area (Å²) in [4.78, 5) is 14.2. The zero-order valence-electron chi connectivity index (χ0n) is 11.1. The van der Waals surface area contributed by atoms with Crippen molar-refractivity contribution in [2.24, 2.45) is 0 Å². The highest BCUT2D eigenvalue weighted by molar-refractivity contribution is 9.10. The number of hydrogen-bond acceptors (Lipinski definition) is 3. The first-order valence-electron chi connectivity index (χ1n) is 6.33. The van der Waals surface area contributed by atoms with Crippen molar-refractivity contribution in [3.63, 3.8) is 0 Å². The number of aliphatic hydroxyl groups is 1. The van der Waals surface area contributed by atoms with Gasteiger partial charge in [-0.2, -0.15) is 0 Å². The highest BCUT2D eigenvalue weighted by Gasteiger charge is 2.28. The maximum Gasteiger partial charge on any atom is 0.254 e. The van der Waals surface area contributed by atoms with Gasteiger partial charge in [0.1, 0.15) is 0 Å². The molecular formula is C14H18BrNO3. The minimum atomic E-state index is -0.290. The molecule has 2 rings (SSSR count). The van der Waals surface area contributed by atoms with Crippen LogP contribution in [-0.2, 0) is 4.74 Å². The second-order valence-corrected chi connectivity index (χ2v) is 5.78. The van der Waals surface area contributed by atoms with Gasteiger partial charge in [0, 0.05) is 23.1 Å². The van der Waals surface area contributed by atoms with Crippen molar-refractivity contribution in [2.45, 2.75) is 26.1 Å². The Hall–Kier alpha value is -0.910. The standard InChI is InChI=1S/C14H18BrNO3/c1-9-3-4-11(5-13(9)15)14(18)16-6-10(2)19-12(7-16)8-17/h3-5,10,12,17H,6-8H2,1-2H3. The molecule has 0 aromatic heterocycles. The fourth-order valence-electron chi connectivity index (χ4n) is 2.22. The van der Waals surface area contributed by atoms with Crippen LogP contribution in [0.3, 0.4) is 0 Å². The second kappa shape index (κ2) is 6.03. The SMILES string of the molecule is Cc1ccc(C(=O)N2CC(C)OC(CO)C2)cc1Br. The van der Waals surface area contributed by atoms with Crippen LogP contribution in [0.15, 0.2) is 22.7 Å². The molecule has 0 aliphatic carbocycles. The molecule has 1 aromatic rings. The van der Waals surface area contributed by atoms with Crippen LogP contribution >= 0.6 is 15.9 Å². The number of aliphatic hydroxyl groups excluding tert-OH is 1. The van der Waals surface area contributed by atoms with Crippen LogP contribution < -0.4 is 0 Å². The van der Waals surface area contributed by atoms with E-state index in [4.69, 9.17) is 4.74 Å². The highest BCUT2D eigenvalue weighted by Crippen LogP contribution is 2.20. The van der Waals surface area contributed by atoms with Crippen molar-refractivity contribution < 1.29 is 14.6 Å². The zero-order chi connectivity index (χ0) is 14.0. The number of amides is 1. The van der Waals surface area contributed by atoms with Gasteiger partial charge in [-0.1, -0.05) is 22.0 Å². The van der Waals surface area contributed by atoms with Gasteiger partial charge < -0.3 is 14.7 Å². The van der Waals surface area contributed by atoms with Gasteiger partial charge in [0.05, 0.1) is 18.8 Å². The molecular weight excluding hydrogens is 310 g/mol. The van der Waals surface area contributed by atoms with Gasteiger partial charge in [-0.05, 0) is 31.5 Å². The Labute approximate surface area is 121 Å². The first-order valence-corrected chi connectivity index (χ1v) is 7.12. The molecule has 1 N–H and O–H groups in total. The van der Waals surface area contributed by atoms with Crippen molar-refractivity contribution in [1.82, 2.24) is 4.90 Å². The molecule has 1 fully saturated rings. The van der Waals surface area contributed by atoms with Gasteiger partial charge in [0.15, 0.2) is 0 Å². The molecule has 2 atom stereocenters. The van der Waals surface area contributed by atoms with Crippen molar-refractivity contribution in [2.75, 3.05) is 19.7 Å². The van der Waals surface area contributed by atoms with Crippen LogP contribution in [0, 0.1) is 6.92 Å². The van der Waals surface area contributed by atoms with Crippen LogP contribution in [0.25, 0.3) is 0 Å². The second-order valence-electron chi connectivity index (χ2n) is 4.93. The van der Waals surface area contributed by atoms with Crippen molar-refractivity contribution in [1.29, 1.82) is 0 Å². The molecule has 1 amide bonds. The molecule has 0 bridgehead atoms. The summed E-state index contributed by atoms with van der Waals surface area (Å²) in [6, 6.07) is 5.59. The minimum Gasteiger partial charge on any atom is -0.394 e. The fraction of sp³-hybridized carbons (Fsp3) is 0.500. The Morgan fingerprint density at radius 2 is 2.26 bits per heavy atom. The van der Waals surface area contributed by atoms with Gasteiger partial charge in [-0.25, -0.2) is 0 Å². The molecule has 0 saturated carbocycles. The van der Waals surface area contributed by atoms with Crippen molar-refractivity contribution in [3.8, 4) is 0 Å². The molecule has 104 valence electrons. The lowest BCUT2D eigenvalue weighted by atomic mass is 10.1. The molecule has 1 aliphatic rings. The Kier molecular flexibility index (Phi) is 4.60. The van der Waals surface area contributed by atoms with Crippen LogP contribution in [0.5, 0.6) is 0 Å². The molecule has 0 spiro atoms. The number of rotatable bonds is 2. The number of ether oxygens (including phenoxy) is 1. The number of carbonyl (C=O) groups excluding carboxylic acids is 1. The van der Waals surface area contributed by atoms with Gasteiger partial charge in [0.2, 0.25) is 0 Å². The van der Waals surface area contributed by atoms with Crippen LogP contribution in [0.4, 0.5) is 0 Å². The number of hydrogen-bond donors (Lipinski definition) is 1. The normalized spacial score (nSPS) is 23.5. The minimum absolute atomic E-state index is 0.0192. The fourth-order valence-corrected chi connectivity index (χ4v) is 2.60. The van der Waals surface area contributed by atoms with E-state index in [0.29, 0.717) is 18.7 Å². The predicted octanol–water partition coefficient (Wildman–Crippen LogP) is 1.98. The molecule has 2 unspecified atom stereocenters. The summed E-state index contributed by atoms with van der Waals surface area (Å²) in [6.07, 6.45) is -0.342. The van der Waals surface area contributed by atoms with Crippen molar-refractivity contribution in [3.05, 3.63) is 33.8 Å². The van der Waals surface area contributed by atoms with E-state index in [9.17, 15) is 9.90 Å². The van der Waals surface area contributed by atoms with Crippen LogP contribution in [0.2, 0.25) is 0 Å². The van der Waals surface area contributed by atoms with E-state index in [-0.39, 0.29) is 24.7 Å². The summed E-state index contributed by atoms with van der Waals surface area (Å²) in [5.74, 6) is -0.0192. The Balaban J connectivity index is 2.16. The third kappa shape index (κ3) is 3.35. The van der Waals surface area contributed by atoms with Gasteiger partial charge in [-0.15, -0.1) is 0 Å². The molecule has 1 aromatic carbocycles. The largest absolute Gasteiger partial charge is 0.394 e. The van der Waals surface area contributed by atoms with E-state index in [1.807, 2.05) is 32.0 Å². The summed E-state index contributed by atoms with van der Waals surface area (Å²) in [7, 11) is 0. The first-order chi connectivity index (χ1) is 9.01. The molecule has 1 aliphatic heterocycles. The smallest absolute Gasteiger partial charge is 0.254 e. The average Bonchev–Trinajstić information content (AvgIpc) is 2.40. The van der Waals surface area contributed by atoms with E-state index < -0.39 is 0 Å². The summed E-state index contributed by atoms with van der Waals surface area (Å²) in [6.45, 7) is 4.82. The number of carbonyl (C=O) groups is 1. The van der Waals surface area contributed by atoms with E-state index in [0.717, 1.165) is 10.0 Å². The molecule has 5 heteroatoms. The number of morpholine rings is 1. The number of halogens is 1. The summed E-state index contributed by atoms with van der Waals surface area (Å²) in [5, 5.41) is 9.19. The lowest BCUT2D eigenvalue weighted by molar-refractivity contribution is -0.0858. The quantitative estimate of drug-likeness (QED) is 0.903. The third-order valence-corrected chi connectivity index (χ3v) is 4.09. The lowest BCUT2D eigenvalue weighted by Gasteiger charge is -2.36. The number of aryl methyl sites for hydroxylation is 1. The van der Waals surface area contributed by atoms with E-state index in [1.165, 1.54) is 0 Å². The Morgan fingerprint density at radius 3 is 2.89 bits per heavy atom. The van der Waals surface area contributed by atoms with Gasteiger partial charge in [0.25, 0.3) is 5.91 Å². The monoisotopic (exact) mass is 327 g/mol. The topological polar surface area (TPSA) is 49.8 Å². The highest BCUT2D eigenvalue weighted by atomic mass is 79.9.